The van der Waals surface area contributed by atoms with Gasteiger partial charge in [-0.1, -0.05) is 18.2 Å². The summed E-state index contributed by atoms with van der Waals surface area (Å²) in [4.78, 5) is 11.3. The van der Waals surface area contributed by atoms with E-state index in [0.29, 0.717) is 12.1 Å². The van der Waals surface area contributed by atoms with Gasteiger partial charge in [-0.15, -0.1) is 0 Å². The fourth-order valence-corrected chi connectivity index (χ4v) is 2.34. The summed E-state index contributed by atoms with van der Waals surface area (Å²) in [6.45, 7) is 9.73. The molecule has 5 nitrogen and oxygen atoms in total. The van der Waals surface area contributed by atoms with Gasteiger partial charge < -0.3 is 14.6 Å². The molecule has 126 valence electrons. The number of amides is 1. The van der Waals surface area contributed by atoms with Crippen molar-refractivity contribution in [1.29, 1.82) is 5.26 Å². The Morgan fingerprint density at radius 3 is 2.46 bits per heavy atom. The molecule has 1 fully saturated rings. The van der Waals surface area contributed by atoms with E-state index in [1.54, 1.807) is 12.1 Å². The van der Waals surface area contributed by atoms with Crippen LogP contribution in [0.3, 0.4) is 0 Å². The zero-order chi connectivity index (χ0) is 18.0. The third kappa shape index (κ3) is 4.05. The second-order valence-corrected chi connectivity index (χ2v) is 6.95. The summed E-state index contributed by atoms with van der Waals surface area (Å²) in [6, 6.07) is 9.39. The second kappa shape index (κ2) is 6.80. The van der Waals surface area contributed by atoms with E-state index in [2.05, 4.69) is 11.4 Å². The van der Waals surface area contributed by atoms with E-state index in [1.807, 2.05) is 45.9 Å². The fourth-order valence-electron chi connectivity index (χ4n) is 2.34. The maximum Gasteiger partial charge on any atom is 0.492 e. The Morgan fingerprint density at radius 2 is 1.92 bits per heavy atom. The Morgan fingerprint density at radius 1 is 1.29 bits per heavy atom. The number of hydrogen-bond donors (Lipinski definition) is 1. The number of rotatable bonds is 4. The Labute approximate surface area is 143 Å². The number of carbonyl (C=O) groups excluding carboxylic acids is 1. The number of nitriles is 1. The van der Waals surface area contributed by atoms with Crippen LogP contribution in [-0.2, 0) is 14.1 Å². The van der Waals surface area contributed by atoms with E-state index in [0.717, 1.165) is 11.0 Å². The van der Waals surface area contributed by atoms with Gasteiger partial charge in [-0.25, -0.2) is 0 Å². The SMILES string of the molecule is CC(=O)NCC(=Cc1cccc(C#N)c1)B1OC(C)(C)C(C)(C)O1. The molecule has 1 heterocycles. The summed E-state index contributed by atoms with van der Waals surface area (Å²) in [5, 5.41) is 11.8. The van der Waals surface area contributed by atoms with Crippen molar-refractivity contribution in [3.05, 3.63) is 40.9 Å². The molecule has 0 bridgehead atoms. The first-order chi connectivity index (χ1) is 11.1. The van der Waals surface area contributed by atoms with Crippen molar-refractivity contribution in [2.45, 2.75) is 45.8 Å². The van der Waals surface area contributed by atoms with Crippen molar-refractivity contribution in [2.24, 2.45) is 0 Å². The Balaban J connectivity index is 2.33. The van der Waals surface area contributed by atoms with Crippen LogP contribution in [0.25, 0.3) is 6.08 Å². The van der Waals surface area contributed by atoms with Crippen LogP contribution in [0.2, 0.25) is 0 Å². The second-order valence-electron chi connectivity index (χ2n) is 6.95. The summed E-state index contributed by atoms with van der Waals surface area (Å²) < 4.78 is 12.2. The molecule has 1 aromatic rings. The van der Waals surface area contributed by atoms with Crippen LogP contribution in [0.15, 0.2) is 29.7 Å². The zero-order valence-corrected chi connectivity index (χ0v) is 14.8. The van der Waals surface area contributed by atoms with Gasteiger partial charge in [0.15, 0.2) is 0 Å². The highest BCUT2D eigenvalue weighted by Crippen LogP contribution is 2.38. The van der Waals surface area contributed by atoms with Gasteiger partial charge in [-0.05, 0) is 50.9 Å². The Kier molecular flexibility index (Phi) is 5.17. The number of nitrogens with zero attached hydrogens (tertiary/aromatic N) is 1. The first-order valence-corrected chi connectivity index (χ1v) is 7.95. The molecule has 1 aliphatic rings. The van der Waals surface area contributed by atoms with Crippen molar-refractivity contribution in [3.63, 3.8) is 0 Å². The summed E-state index contributed by atoms with van der Waals surface area (Å²) in [7, 11) is -0.549. The third-order valence-corrected chi connectivity index (χ3v) is 4.47. The molecule has 1 aromatic carbocycles. The van der Waals surface area contributed by atoms with Crippen LogP contribution < -0.4 is 5.32 Å². The standard InChI is InChI=1S/C18H23BN2O3/c1-13(22)21-12-16(10-14-7-6-8-15(9-14)11-20)19-23-17(2,3)18(4,5)24-19/h6-10H,12H2,1-5H3,(H,21,22). The minimum atomic E-state index is -0.549. The molecule has 0 aliphatic carbocycles. The summed E-state index contributed by atoms with van der Waals surface area (Å²) in [5.74, 6) is -0.122. The van der Waals surface area contributed by atoms with Crippen molar-refractivity contribution in [2.75, 3.05) is 6.54 Å². The normalized spacial score (nSPS) is 19.0. The molecule has 2 rings (SSSR count). The average Bonchev–Trinajstić information content (AvgIpc) is 2.71. The maximum absolute atomic E-state index is 11.3. The number of hydrogen-bond acceptors (Lipinski definition) is 4. The lowest BCUT2D eigenvalue weighted by Crippen LogP contribution is -2.41. The molecule has 0 atom stereocenters. The van der Waals surface area contributed by atoms with Crippen molar-refractivity contribution < 1.29 is 14.1 Å². The molecule has 1 amide bonds. The predicted molar refractivity (Wildman–Crippen MR) is 93.9 cm³/mol. The van der Waals surface area contributed by atoms with E-state index >= 15 is 0 Å². The van der Waals surface area contributed by atoms with Gasteiger partial charge in [0.25, 0.3) is 0 Å². The number of nitrogens with one attached hydrogen (secondary N) is 1. The quantitative estimate of drug-likeness (QED) is 0.864. The van der Waals surface area contributed by atoms with Crippen molar-refractivity contribution in [3.8, 4) is 6.07 Å². The molecule has 0 radical (unpaired) electrons. The van der Waals surface area contributed by atoms with E-state index < -0.39 is 18.3 Å². The molecule has 24 heavy (non-hydrogen) atoms. The highest BCUT2D eigenvalue weighted by Gasteiger charge is 2.52. The highest BCUT2D eigenvalue weighted by molar-refractivity contribution is 6.56. The highest BCUT2D eigenvalue weighted by atomic mass is 16.7. The van der Waals surface area contributed by atoms with Crippen molar-refractivity contribution >= 4 is 19.1 Å². The van der Waals surface area contributed by atoms with Crippen LogP contribution >= 0.6 is 0 Å². The maximum atomic E-state index is 11.3. The summed E-state index contributed by atoms with van der Waals surface area (Å²) >= 11 is 0. The van der Waals surface area contributed by atoms with Crippen LogP contribution in [0.1, 0.15) is 45.7 Å². The minimum Gasteiger partial charge on any atom is -0.400 e. The lowest BCUT2D eigenvalue weighted by molar-refractivity contribution is -0.118. The lowest BCUT2D eigenvalue weighted by atomic mass is 9.77. The number of carbonyl (C=O) groups is 1. The monoisotopic (exact) mass is 326 g/mol. The zero-order valence-electron chi connectivity index (χ0n) is 14.8. The van der Waals surface area contributed by atoms with Gasteiger partial charge >= 0.3 is 7.12 Å². The van der Waals surface area contributed by atoms with Gasteiger partial charge in [0.05, 0.1) is 22.8 Å². The Bertz CT molecular complexity index is 688. The minimum absolute atomic E-state index is 0.122. The molecule has 0 aromatic heterocycles. The van der Waals surface area contributed by atoms with E-state index in [9.17, 15) is 4.79 Å². The molecule has 6 heteroatoms. The largest absolute Gasteiger partial charge is 0.492 e. The topological polar surface area (TPSA) is 71.4 Å². The molecular weight excluding hydrogens is 303 g/mol. The van der Waals surface area contributed by atoms with Gasteiger partial charge in [0, 0.05) is 13.5 Å². The molecule has 0 saturated carbocycles. The first kappa shape index (κ1) is 18.2. The average molecular weight is 326 g/mol. The molecule has 0 spiro atoms. The van der Waals surface area contributed by atoms with Gasteiger partial charge in [-0.2, -0.15) is 5.26 Å². The van der Waals surface area contributed by atoms with Gasteiger partial charge in [0.2, 0.25) is 5.91 Å². The fraction of sp³-hybridized carbons (Fsp3) is 0.444. The van der Waals surface area contributed by atoms with E-state index in [-0.39, 0.29) is 5.91 Å². The third-order valence-electron chi connectivity index (χ3n) is 4.47. The van der Waals surface area contributed by atoms with E-state index in [1.165, 1.54) is 6.92 Å². The molecule has 0 unspecified atom stereocenters. The predicted octanol–water partition coefficient (Wildman–Crippen LogP) is 2.71. The molecular formula is C18H23BN2O3. The molecule has 1 aliphatic heterocycles. The molecule has 1 N–H and O–H groups in total. The smallest absolute Gasteiger partial charge is 0.400 e. The summed E-state index contributed by atoms with van der Waals surface area (Å²) in [6.07, 6.45) is 1.90. The van der Waals surface area contributed by atoms with Gasteiger partial charge in [-0.3, -0.25) is 4.79 Å². The first-order valence-electron chi connectivity index (χ1n) is 7.95. The molecule has 1 saturated heterocycles. The van der Waals surface area contributed by atoms with Gasteiger partial charge in [0.1, 0.15) is 0 Å². The van der Waals surface area contributed by atoms with Crippen LogP contribution in [0, 0.1) is 11.3 Å². The van der Waals surface area contributed by atoms with Crippen LogP contribution in [0.5, 0.6) is 0 Å². The van der Waals surface area contributed by atoms with Crippen LogP contribution in [-0.4, -0.2) is 30.8 Å². The lowest BCUT2D eigenvalue weighted by Gasteiger charge is -2.32. The summed E-state index contributed by atoms with van der Waals surface area (Å²) in [5.41, 5.74) is 1.34. The Hall–Kier alpha value is -2.10. The van der Waals surface area contributed by atoms with Crippen molar-refractivity contribution in [1.82, 2.24) is 5.32 Å². The van der Waals surface area contributed by atoms with Crippen LogP contribution in [0.4, 0.5) is 0 Å². The van der Waals surface area contributed by atoms with E-state index in [4.69, 9.17) is 14.6 Å². The number of benzene rings is 1.